The van der Waals surface area contributed by atoms with Gasteiger partial charge >= 0.3 is 0 Å². The van der Waals surface area contributed by atoms with Crippen molar-refractivity contribution in [1.82, 2.24) is 13.9 Å². The van der Waals surface area contributed by atoms with Crippen molar-refractivity contribution in [2.75, 3.05) is 13.1 Å². The lowest BCUT2D eigenvalue weighted by Gasteiger charge is -2.17. The first-order valence-electron chi connectivity index (χ1n) is 10.1. The molecule has 0 aliphatic carbocycles. The van der Waals surface area contributed by atoms with Crippen LogP contribution in [0.5, 0.6) is 5.88 Å². The minimum atomic E-state index is -3.64. The van der Waals surface area contributed by atoms with E-state index in [1.807, 2.05) is 36.7 Å². The van der Waals surface area contributed by atoms with Crippen molar-refractivity contribution in [2.45, 2.75) is 43.7 Å². The number of hydrogen-bond acceptors (Lipinski definition) is 5. The number of aldehydes is 1. The number of halogens is 1. The van der Waals surface area contributed by atoms with Crippen molar-refractivity contribution in [3.8, 4) is 5.88 Å². The maximum absolute atomic E-state index is 13.2. The van der Waals surface area contributed by atoms with E-state index in [1.54, 1.807) is 12.1 Å². The first-order valence-corrected chi connectivity index (χ1v) is 12.7. The number of carbonyl (C=O) groups is 1. The summed E-state index contributed by atoms with van der Waals surface area (Å²) in [4.78, 5) is 15.4. The molecule has 3 aromatic rings. The number of sulfonamides is 1. The Morgan fingerprint density at radius 1 is 1.29 bits per heavy atom. The number of hydrogen-bond donors (Lipinski definition) is 0. The highest BCUT2D eigenvalue weighted by atomic mass is 127. The van der Waals surface area contributed by atoms with Gasteiger partial charge in [-0.05, 0) is 72.7 Å². The molecule has 0 bridgehead atoms. The fourth-order valence-corrected chi connectivity index (χ4v) is 5.97. The van der Waals surface area contributed by atoms with E-state index in [1.165, 1.54) is 10.5 Å². The first-order chi connectivity index (χ1) is 14.8. The number of pyridine rings is 1. The first kappa shape index (κ1) is 22.2. The Labute approximate surface area is 195 Å². The Morgan fingerprint density at radius 3 is 2.77 bits per heavy atom. The third-order valence-corrected chi connectivity index (χ3v) is 7.96. The molecule has 0 spiro atoms. The van der Waals surface area contributed by atoms with Crippen molar-refractivity contribution >= 4 is 49.8 Å². The summed E-state index contributed by atoms with van der Waals surface area (Å²) >= 11 is 2.27. The lowest BCUT2D eigenvalue weighted by atomic mass is 9.98. The van der Waals surface area contributed by atoms with Gasteiger partial charge in [0, 0.05) is 45.7 Å². The molecule has 2 aromatic heterocycles. The third-order valence-electron chi connectivity index (χ3n) is 5.44. The van der Waals surface area contributed by atoms with Crippen LogP contribution in [0.15, 0.2) is 47.6 Å². The third kappa shape index (κ3) is 4.49. The molecule has 0 amide bonds. The zero-order valence-corrected chi connectivity index (χ0v) is 20.3. The van der Waals surface area contributed by atoms with Gasteiger partial charge in [-0.15, -0.1) is 0 Å². The van der Waals surface area contributed by atoms with Gasteiger partial charge in [-0.25, -0.2) is 13.4 Å². The molecular weight excluding hydrogens is 529 g/mol. The molecule has 7 nitrogen and oxygen atoms in total. The van der Waals surface area contributed by atoms with Crippen molar-refractivity contribution in [2.24, 2.45) is 0 Å². The van der Waals surface area contributed by atoms with E-state index in [9.17, 15) is 13.2 Å². The van der Waals surface area contributed by atoms with Crippen LogP contribution >= 0.6 is 22.6 Å². The standard InChI is InChI=1S/C22H24IN3O4S/c1-15(2)30-22-6-4-18(12-24-22)31(28,29)26-8-7-16(13-26)20-14-25(9-10-27)21-5-3-17(23)11-19(20)21/h3-6,10-12,14-16H,7-9,13H2,1-2H3. The molecule has 0 N–H and O–H groups in total. The second kappa shape index (κ2) is 8.87. The Hall–Kier alpha value is -1.98. The van der Waals surface area contributed by atoms with Crippen molar-refractivity contribution < 1.29 is 17.9 Å². The van der Waals surface area contributed by atoms with E-state index in [0.717, 1.165) is 32.7 Å². The summed E-state index contributed by atoms with van der Waals surface area (Å²) in [6.45, 7) is 4.91. The number of aromatic nitrogens is 2. The highest BCUT2D eigenvalue weighted by Gasteiger charge is 2.34. The number of ether oxygens (including phenoxy) is 1. The van der Waals surface area contributed by atoms with Crippen LogP contribution in [0, 0.1) is 3.57 Å². The lowest BCUT2D eigenvalue weighted by molar-refractivity contribution is -0.108. The van der Waals surface area contributed by atoms with E-state index in [-0.39, 0.29) is 23.5 Å². The number of rotatable bonds is 7. The summed E-state index contributed by atoms with van der Waals surface area (Å²) in [6.07, 6.45) is 4.94. The largest absolute Gasteiger partial charge is 0.475 e. The number of fused-ring (bicyclic) bond motifs is 1. The van der Waals surface area contributed by atoms with Gasteiger partial charge in [0.25, 0.3) is 0 Å². The van der Waals surface area contributed by atoms with Gasteiger partial charge in [-0.3, -0.25) is 0 Å². The van der Waals surface area contributed by atoms with E-state index in [0.29, 0.717) is 19.0 Å². The maximum atomic E-state index is 13.2. The Kier molecular flexibility index (Phi) is 6.36. The summed E-state index contributed by atoms with van der Waals surface area (Å²) in [6, 6.07) is 9.27. The average molecular weight is 553 g/mol. The van der Waals surface area contributed by atoms with E-state index >= 15 is 0 Å². The zero-order chi connectivity index (χ0) is 22.2. The van der Waals surface area contributed by atoms with Gasteiger partial charge in [0.2, 0.25) is 15.9 Å². The van der Waals surface area contributed by atoms with Crippen LogP contribution in [-0.2, 0) is 21.4 Å². The van der Waals surface area contributed by atoms with Crippen LogP contribution in [0.1, 0.15) is 31.7 Å². The zero-order valence-electron chi connectivity index (χ0n) is 17.4. The quantitative estimate of drug-likeness (QED) is 0.329. The number of nitrogens with zero attached hydrogens (tertiary/aromatic N) is 3. The summed E-state index contributed by atoms with van der Waals surface area (Å²) in [7, 11) is -3.64. The van der Waals surface area contributed by atoms with Crippen molar-refractivity contribution in [3.63, 3.8) is 0 Å². The Balaban J connectivity index is 1.59. The van der Waals surface area contributed by atoms with Crippen LogP contribution in [0.4, 0.5) is 0 Å². The van der Waals surface area contributed by atoms with Crippen molar-refractivity contribution in [3.05, 3.63) is 51.9 Å². The van der Waals surface area contributed by atoms with E-state index in [4.69, 9.17) is 4.74 Å². The second-order valence-corrected chi connectivity index (χ2v) is 11.1. The lowest BCUT2D eigenvalue weighted by Crippen LogP contribution is -2.28. The molecule has 1 aliphatic rings. The van der Waals surface area contributed by atoms with Crippen LogP contribution in [-0.4, -0.2) is 47.8 Å². The number of benzene rings is 1. The predicted octanol–water partition coefficient (Wildman–Crippen LogP) is 3.81. The topological polar surface area (TPSA) is 81.5 Å². The van der Waals surface area contributed by atoms with Gasteiger partial charge in [0.15, 0.2) is 0 Å². The molecule has 1 fully saturated rings. The normalized spacial score (nSPS) is 17.5. The summed E-state index contributed by atoms with van der Waals surface area (Å²) in [5.41, 5.74) is 2.08. The van der Waals surface area contributed by atoms with E-state index in [2.05, 4.69) is 33.6 Å². The number of carbonyl (C=O) groups excluding carboxylic acids is 1. The summed E-state index contributed by atoms with van der Waals surface area (Å²) in [5.74, 6) is 0.478. The molecule has 3 heterocycles. The SMILES string of the molecule is CC(C)Oc1ccc(S(=O)(=O)N2CCC(c3cn(CC=O)c4ccc(I)cc34)C2)cn1. The molecule has 1 aromatic carbocycles. The fourth-order valence-electron chi connectivity index (χ4n) is 4.03. The molecule has 4 rings (SSSR count). The van der Waals surface area contributed by atoms with E-state index < -0.39 is 10.0 Å². The molecule has 1 unspecified atom stereocenters. The molecule has 9 heteroatoms. The van der Waals surface area contributed by atoms with Crippen LogP contribution in [0.3, 0.4) is 0 Å². The Morgan fingerprint density at radius 2 is 2.10 bits per heavy atom. The highest BCUT2D eigenvalue weighted by Crippen LogP contribution is 2.36. The molecule has 1 saturated heterocycles. The molecule has 0 radical (unpaired) electrons. The minimum Gasteiger partial charge on any atom is -0.475 e. The second-order valence-electron chi connectivity index (χ2n) is 7.91. The highest BCUT2D eigenvalue weighted by molar-refractivity contribution is 14.1. The van der Waals surface area contributed by atoms with Crippen LogP contribution < -0.4 is 4.74 Å². The van der Waals surface area contributed by atoms with Crippen molar-refractivity contribution in [1.29, 1.82) is 0 Å². The smallest absolute Gasteiger partial charge is 0.244 e. The fraction of sp³-hybridized carbons (Fsp3) is 0.364. The minimum absolute atomic E-state index is 0.0290. The average Bonchev–Trinajstić information content (AvgIpc) is 3.34. The predicted molar refractivity (Wildman–Crippen MR) is 127 cm³/mol. The van der Waals surface area contributed by atoms with Gasteiger partial charge < -0.3 is 14.1 Å². The Bertz CT molecular complexity index is 1210. The summed E-state index contributed by atoms with van der Waals surface area (Å²) in [5, 5.41) is 1.08. The molecular formula is C22H24IN3O4S. The maximum Gasteiger partial charge on any atom is 0.244 e. The molecule has 1 atom stereocenters. The van der Waals surface area contributed by atoms with Crippen LogP contribution in [0.25, 0.3) is 10.9 Å². The van der Waals surface area contributed by atoms with Gasteiger partial charge in [0.1, 0.15) is 11.2 Å². The monoisotopic (exact) mass is 553 g/mol. The van der Waals surface area contributed by atoms with Gasteiger partial charge in [-0.2, -0.15) is 4.31 Å². The molecule has 31 heavy (non-hydrogen) atoms. The van der Waals surface area contributed by atoms with Gasteiger partial charge in [-0.1, -0.05) is 0 Å². The van der Waals surface area contributed by atoms with Gasteiger partial charge in [0.05, 0.1) is 18.8 Å². The van der Waals surface area contributed by atoms with Crippen LogP contribution in [0.2, 0.25) is 0 Å². The molecule has 1 aliphatic heterocycles. The summed E-state index contributed by atoms with van der Waals surface area (Å²) < 4.78 is 36.4. The molecule has 164 valence electrons. The molecule has 0 saturated carbocycles.